The van der Waals surface area contributed by atoms with E-state index < -0.39 is 0 Å². The molecule has 2 aromatic carbocycles. The van der Waals surface area contributed by atoms with Crippen LogP contribution >= 0.6 is 23.2 Å². The molecule has 234 valence electrons. The van der Waals surface area contributed by atoms with Crippen molar-refractivity contribution in [3.05, 3.63) is 93.7 Å². The maximum atomic E-state index is 13.3. The number of aryl methyl sites for hydroxylation is 1. The Morgan fingerprint density at radius 3 is 2.51 bits per heavy atom. The number of aliphatic hydroxyl groups is 1. The first-order valence-electron chi connectivity index (χ1n) is 14.9. The molecule has 0 fully saturated rings. The Morgan fingerprint density at radius 2 is 1.78 bits per heavy atom. The summed E-state index contributed by atoms with van der Waals surface area (Å²) in [5, 5.41) is 29.7. The number of halogens is 2. The Hall–Kier alpha value is -4.12. The van der Waals surface area contributed by atoms with Crippen LogP contribution in [-0.4, -0.2) is 42.1 Å². The van der Waals surface area contributed by atoms with Crippen molar-refractivity contribution in [3.63, 3.8) is 0 Å². The second-order valence-corrected chi connectivity index (χ2v) is 13.0. The van der Waals surface area contributed by atoms with Crippen molar-refractivity contribution in [3.8, 4) is 17.1 Å². The Bertz CT molecular complexity index is 1830. The van der Waals surface area contributed by atoms with Crippen molar-refractivity contribution < 1.29 is 14.6 Å². The minimum Gasteiger partial charge on any atom is -0.484 e. The predicted octanol–water partition coefficient (Wildman–Crippen LogP) is 7.36. The fourth-order valence-corrected chi connectivity index (χ4v) is 6.16. The Labute approximate surface area is 271 Å². The lowest BCUT2D eigenvalue weighted by Gasteiger charge is -2.32. The van der Waals surface area contributed by atoms with Gasteiger partial charge >= 0.3 is 6.03 Å². The predicted molar refractivity (Wildman–Crippen MR) is 175 cm³/mol. The summed E-state index contributed by atoms with van der Waals surface area (Å²) in [6.45, 7) is 6.77. The molecule has 10 nitrogen and oxygen atoms in total. The summed E-state index contributed by atoms with van der Waals surface area (Å²) in [5.41, 5.74) is 3.94. The number of carbonyl (C=O) groups is 1. The third kappa shape index (κ3) is 6.49. The summed E-state index contributed by atoms with van der Waals surface area (Å²) in [7, 11) is 0. The first-order chi connectivity index (χ1) is 21.6. The number of benzene rings is 2. The van der Waals surface area contributed by atoms with Crippen LogP contribution in [-0.2, 0) is 12.0 Å². The summed E-state index contributed by atoms with van der Waals surface area (Å²) in [4.78, 5) is 13.3. The molecule has 5 aromatic rings. The van der Waals surface area contributed by atoms with E-state index in [2.05, 4.69) is 46.7 Å². The molecule has 2 atom stereocenters. The molecule has 45 heavy (non-hydrogen) atoms. The average molecular weight is 649 g/mol. The lowest BCUT2D eigenvalue weighted by Crippen LogP contribution is -2.36. The minimum absolute atomic E-state index is 0.0440. The van der Waals surface area contributed by atoms with E-state index in [1.165, 1.54) is 0 Å². The maximum Gasteiger partial charge on any atom is 0.320 e. The van der Waals surface area contributed by atoms with Crippen LogP contribution in [0.3, 0.4) is 0 Å². The third-order valence-electron chi connectivity index (χ3n) is 7.90. The van der Waals surface area contributed by atoms with Crippen LogP contribution < -0.4 is 15.4 Å². The van der Waals surface area contributed by atoms with Crippen LogP contribution in [0.15, 0.2) is 66.9 Å². The highest BCUT2D eigenvalue weighted by Crippen LogP contribution is 2.39. The van der Waals surface area contributed by atoms with Gasteiger partial charge in [0.15, 0.2) is 11.5 Å². The van der Waals surface area contributed by atoms with E-state index in [9.17, 15) is 9.90 Å². The van der Waals surface area contributed by atoms with Gasteiger partial charge in [-0.3, -0.25) is 9.72 Å². The molecule has 0 saturated heterocycles. The normalized spacial score (nSPS) is 16.4. The van der Waals surface area contributed by atoms with Gasteiger partial charge in [0.25, 0.3) is 0 Å². The van der Waals surface area contributed by atoms with Crippen LogP contribution in [0.2, 0.25) is 10.0 Å². The van der Waals surface area contributed by atoms with Crippen LogP contribution in [0.5, 0.6) is 5.75 Å². The Morgan fingerprint density at radius 1 is 1.02 bits per heavy atom. The largest absolute Gasteiger partial charge is 0.484 e. The van der Waals surface area contributed by atoms with Crippen LogP contribution in [0.4, 0.5) is 10.6 Å². The number of fused-ring (bicyclic) bond motifs is 2. The zero-order chi connectivity index (χ0) is 31.7. The Balaban J connectivity index is 1.20. The number of urea groups is 1. The number of hydrogen-bond donors (Lipinski definition) is 3. The second kappa shape index (κ2) is 12.7. The lowest BCUT2D eigenvalue weighted by molar-refractivity contribution is 0.171. The highest BCUT2D eigenvalue weighted by Gasteiger charge is 2.30. The SMILES string of the molecule is CC(C)(C)c1cc(NC(=O)N[C@H]2CC[C@@H](Oc3ccc4nnc(-c5c(Cl)cccc5Cl)n4c3)c3ccccc32)n(CCCO)n1. The number of nitrogens with zero attached hydrogens (tertiary/aromatic N) is 5. The number of rotatable bonds is 8. The number of carbonyl (C=O) groups excluding carboxylic acids is 1. The molecule has 0 spiro atoms. The molecular formula is C33H35Cl2N7O3. The van der Waals surface area contributed by atoms with Crippen molar-refractivity contribution in [2.24, 2.45) is 0 Å². The molecule has 1 aliphatic carbocycles. The molecule has 6 rings (SSSR count). The summed E-state index contributed by atoms with van der Waals surface area (Å²) in [6.07, 6.45) is 3.53. The number of aromatic nitrogens is 5. The molecule has 0 unspecified atom stereocenters. The molecule has 2 amide bonds. The second-order valence-electron chi connectivity index (χ2n) is 12.1. The van der Waals surface area contributed by atoms with Gasteiger partial charge in [0.2, 0.25) is 0 Å². The number of ether oxygens (including phenoxy) is 1. The number of anilines is 1. The number of aliphatic hydroxyl groups excluding tert-OH is 1. The van der Waals surface area contributed by atoms with Crippen molar-refractivity contribution in [2.45, 2.75) is 64.1 Å². The summed E-state index contributed by atoms with van der Waals surface area (Å²) in [5.74, 6) is 1.76. The fourth-order valence-electron chi connectivity index (χ4n) is 5.60. The maximum absolute atomic E-state index is 13.3. The minimum atomic E-state index is -0.316. The standard InChI is InChI=1S/C33H35Cl2N7O3/c1-33(2,3)27-18-29(42(40-27)16-7-17-43)37-32(44)36-25-13-14-26(22-9-5-4-8-21(22)25)45-20-12-15-28-38-39-31(41(28)19-20)30-23(34)10-6-11-24(30)35/h4-6,8-12,15,18-19,25-26,43H,7,13-14,16-17H2,1-3H3,(H2,36,37,44)/t25-,26+/m0/s1. The van der Waals surface area contributed by atoms with E-state index in [4.69, 9.17) is 27.9 Å². The molecule has 0 radical (unpaired) electrons. The van der Waals surface area contributed by atoms with Crippen molar-refractivity contribution in [1.82, 2.24) is 29.7 Å². The van der Waals surface area contributed by atoms with Gasteiger partial charge in [0.05, 0.1) is 33.5 Å². The molecule has 3 heterocycles. The zero-order valence-corrected chi connectivity index (χ0v) is 26.8. The van der Waals surface area contributed by atoms with Gasteiger partial charge in [-0.05, 0) is 54.7 Å². The number of nitrogens with one attached hydrogen (secondary N) is 2. The zero-order valence-electron chi connectivity index (χ0n) is 25.3. The number of pyridine rings is 1. The molecule has 0 bridgehead atoms. The van der Waals surface area contributed by atoms with Gasteiger partial charge in [0.1, 0.15) is 17.7 Å². The van der Waals surface area contributed by atoms with E-state index in [0.29, 0.717) is 64.5 Å². The summed E-state index contributed by atoms with van der Waals surface area (Å²) in [6, 6.07) is 18.4. The number of hydrogen-bond acceptors (Lipinski definition) is 6. The Kier molecular flexibility index (Phi) is 8.72. The lowest BCUT2D eigenvalue weighted by atomic mass is 9.85. The first-order valence-corrected chi connectivity index (χ1v) is 15.7. The smallest absolute Gasteiger partial charge is 0.320 e. The third-order valence-corrected chi connectivity index (χ3v) is 8.53. The van der Waals surface area contributed by atoms with Crippen molar-refractivity contribution in [1.29, 1.82) is 0 Å². The molecule has 0 aliphatic heterocycles. The molecular weight excluding hydrogens is 613 g/mol. The monoisotopic (exact) mass is 647 g/mol. The van der Waals surface area contributed by atoms with E-state index >= 15 is 0 Å². The van der Waals surface area contributed by atoms with E-state index in [1.807, 2.05) is 53.1 Å². The molecule has 1 aliphatic rings. The summed E-state index contributed by atoms with van der Waals surface area (Å²) >= 11 is 12.9. The van der Waals surface area contributed by atoms with Gasteiger partial charge in [-0.2, -0.15) is 5.10 Å². The fraction of sp³-hybridized carbons (Fsp3) is 0.333. The van der Waals surface area contributed by atoms with Crippen molar-refractivity contribution >= 4 is 40.7 Å². The first kappa shape index (κ1) is 30.9. The van der Waals surface area contributed by atoms with Gasteiger partial charge in [-0.15, -0.1) is 10.2 Å². The van der Waals surface area contributed by atoms with Crippen molar-refractivity contribution in [2.75, 3.05) is 11.9 Å². The quantitative estimate of drug-likeness (QED) is 0.162. The van der Waals surface area contributed by atoms with E-state index in [-0.39, 0.29) is 30.2 Å². The highest BCUT2D eigenvalue weighted by molar-refractivity contribution is 6.39. The molecule has 12 heteroatoms. The average Bonchev–Trinajstić information content (AvgIpc) is 3.61. The topological polar surface area (TPSA) is 119 Å². The van der Waals surface area contributed by atoms with E-state index in [0.717, 1.165) is 16.8 Å². The molecule has 3 aromatic heterocycles. The number of amides is 2. The van der Waals surface area contributed by atoms with Gasteiger partial charge < -0.3 is 15.2 Å². The van der Waals surface area contributed by atoms with Crippen LogP contribution in [0, 0.1) is 0 Å². The van der Waals surface area contributed by atoms with Crippen LogP contribution in [0.25, 0.3) is 17.0 Å². The van der Waals surface area contributed by atoms with Gasteiger partial charge in [-0.25, -0.2) is 9.48 Å². The van der Waals surface area contributed by atoms with E-state index in [1.54, 1.807) is 22.9 Å². The summed E-state index contributed by atoms with van der Waals surface area (Å²) < 4.78 is 10.1. The molecule has 3 N–H and O–H groups in total. The van der Waals surface area contributed by atoms with Gasteiger partial charge in [0, 0.05) is 24.6 Å². The molecule has 0 saturated carbocycles. The van der Waals surface area contributed by atoms with Gasteiger partial charge in [-0.1, -0.05) is 74.3 Å². The highest BCUT2D eigenvalue weighted by atomic mass is 35.5. The van der Waals surface area contributed by atoms with Crippen LogP contribution in [0.1, 0.15) is 69.0 Å².